The van der Waals surface area contributed by atoms with Gasteiger partial charge in [0.25, 0.3) is 5.91 Å². The number of amides is 1. The highest BCUT2D eigenvalue weighted by Gasteiger charge is 2.39. The van der Waals surface area contributed by atoms with Crippen LogP contribution in [-0.2, 0) is 0 Å². The van der Waals surface area contributed by atoms with Gasteiger partial charge in [0.05, 0.1) is 18.7 Å². The van der Waals surface area contributed by atoms with E-state index < -0.39 is 29.9 Å². The first-order valence-electron chi connectivity index (χ1n) is 12.8. The maximum absolute atomic E-state index is 14.7. The van der Waals surface area contributed by atoms with Crippen LogP contribution < -0.4 is 20.9 Å². The zero-order valence-corrected chi connectivity index (χ0v) is 21.6. The molecule has 0 saturated carbocycles. The minimum Gasteiger partial charge on any atom is -0.390 e. The Bertz CT molecular complexity index is 1340. The first-order valence-corrected chi connectivity index (χ1v) is 12.8. The molecule has 10 nitrogen and oxygen atoms in total. The number of halogens is 2. The Hall–Kier alpha value is -3.51. The predicted octanol–water partition coefficient (Wildman–Crippen LogP) is 2.63. The average molecular weight is 527 g/mol. The third-order valence-electron chi connectivity index (χ3n) is 7.15. The molecule has 12 heteroatoms. The van der Waals surface area contributed by atoms with Gasteiger partial charge in [0.1, 0.15) is 23.5 Å². The van der Waals surface area contributed by atoms with Crippen LogP contribution in [0.4, 0.5) is 26.4 Å². The zero-order valence-electron chi connectivity index (χ0n) is 21.6. The van der Waals surface area contributed by atoms with Crippen molar-refractivity contribution in [2.75, 3.05) is 36.4 Å². The molecule has 2 fully saturated rings. The second-order valence-electron chi connectivity index (χ2n) is 10.5. The van der Waals surface area contributed by atoms with Crippen molar-refractivity contribution in [3.63, 3.8) is 0 Å². The van der Waals surface area contributed by atoms with Crippen LogP contribution in [0.15, 0.2) is 30.7 Å². The molecule has 2 saturated heterocycles. The maximum Gasteiger partial charge on any atom is 0.270 e. The van der Waals surface area contributed by atoms with Crippen LogP contribution in [0.25, 0.3) is 10.8 Å². The molecule has 3 aromatic heterocycles. The molecule has 0 bridgehead atoms. The van der Waals surface area contributed by atoms with Crippen molar-refractivity contribution in [3.05, 3.63) is 42.0 Å². The number of pyridine rings is 2. The Morgan fingerprint density at radius 2 is 2.03 bits per heavy atom. The normalized spacial score (nSPS) is 25.7. The summed E-state index contributed by atoms with van der Waals surface area (Å²) in [7, 11) is 0. The molecule has 0 aliphatic carbocycles. The van der Waals surface area contributed by atoms with Gasteiger partial charge in [-0.15, -0.1) is 0 Å². The number of nitrogens with zero attached hydrogens (tertiary/aromatic N) is 5. The molecule has 38 heavy (non-hydrogen) atoms. The fraction of sp³-hybridized carbons (Fsp3) is 0.500. The zero-order chi connectivity index (χ0) is 27.0. The second kappa shape index (κ2) is 10.3. The van der Waals surface area contributed by atoms with E-state index in [1.807, 2.05) is 19.9 Å². The number of hydrogen-bond acceptors (Lipinski definition) is 9. The number of piperidine rings is 1. The van der Waals surface area contributed by atoms with Crippen LogP contribution >= 0.6 is 0 Å². The number of aliphatic hydroxyl groups is 1. The van der Waals surface area contributed by atoms with Gasteiger partial charge in [-0.2, -0.15) is 4.98 Å². The lowest BCUT2D eigenvalue weighted by Crippen LogP contribution is -2.52. The standard InChI is InChI=1S/C26H32F2N8O2/c1-14(2)16-9-32-23(24(38)33-19-12-29-11-18(19)27)17-10-31-22(8-15(16)17)34-21-4-6-30-25(35-21)36-7-5-20(37)26(3,28)13-36/h4,6,8-10,14,18-20,29,37H,5,7,11-13H2,1-3H3,(H,33,38)(H,30,31,34,35)/t18-,19+,20-,26+/m1/s1. The molecule has 1 amide bonds. The summed E-state index contributed by atoms with van der Waals surface area (Å²) in [6.45, 7) is 6.44. The van der Waals surface area contributed by atoms with Gasteiger partial charge in [0, 0.05) is 43.6 Å². The lowest BCUT2D eigenvalue weighted by Gasteiger charge is -2.38. The van der Waals surface area contributed by atoms with Gasteiger partial charge in [0.15, 0.2) is 5.67 Å². The maximum atomic E-state index is 14.7. The number of alkyl halides is 2. The molecule has 0 radical (unpaired) electrons. The fourth-order valence-electron chi connectivity index (χ4n) is 4.90. The van der Waals surface area contributed by atoms with Crippen LogP contribution in [0.1, 0.15) is 49.2 Å². The fourth-order valence-corrected chi connectivity index (χ4v) is 4.90. The van der Waals surface area contributed by atoms with Crippen molar-refractivity contribution in [1.29, 1.82) is 0 Å². The van der Waals surface area contributed by atoms with E-state index in [4.69, 9.17) is 0 Å². The molecule has 3 aromatic rings. The Kier molecular flexibility index (Phi) is 7.10. The van der Waals surface area contributed by atoms with Crippen LogP contribution in [0, 0.1) is 0 Å². The highest BCUT2D eigenvalue weighted by Crippen LogP contribution is 2.30. The van der Waals surface area contributed by atoms with Crippen LogP contribution in [0.2, 0.25) is 0 Å². The number of carbonyl (C=O) groups excluding carboxylic acids is 1. The molecule has 0 unspecified atom stereocenters. The van der Waals surface area contributed by atoms with Gasteiger partial charge in [-0.05, 0) is 42.3 Å². The van der Waals surface area contributed by atoms with E-state index in [9.17, 15) is 18.7 Å². The molecule has 2 aliphatic heterocycles. The number of rotatable bonds is 6. The molecule has 5 heterocycles. The van der Waals surface area contributed by atoms with Gasteiger partial charge in [-0.3, -0.25) is 9.78 Å². The number of nitrogens with one attached hydrogen (secondary N) is 3. The number of aromatic nitrogens is 4. The predicted molar refractivity (Wildman–Crippen MR) is 140 cm³/mol. The van der Waals surface area contributed by atoms with Crippen LogP contribution in [0.5, 0.6) is 0 Å². The van der Waals surface area contributed by atoms with Gasteiger partial charge < -0.3 is 26.0 Å². The summed E-state index contributed by atoms with van der Waals surface area (Å²) in [5, 5.41) is 20.1. The van der Waals surface area contributed by atoms with Crippen molar-refractivity contribution >= 4 is 34.3 Å². The van der Waals surface area contributed by atoms with Crippen LogP contribution in [-0.4, -0.2) is 81.1 Å². The monoisotopic (exact) mass is 526 g/mol. The molecule has 0 spiro atoms. The SMILES string of the molecule is CC(C)c1cnc(C(=O)N[C@H]2CNC[C@H]2F)c2cnc(Nc3ccnc(N4CC[C@@H](O)[C@@](C)(F)C4)n3)cc12. The molecule has 5 rings (SSSR count). The quantitative estimate of drug-likeness (QED) is 0.383. The van der Waals surface area contributed by atoms with Crippen LogP contribution in [0.3, 0.4) is 0 Å². The van der Waals surface area contributed by atoms with Crippen molar-refractivity contribution < 1.29 is 18.7 Å². The van der Waals surface area contributed by atoms with Gasteiger partial charge in [-0.25, -0.2) is 18.7 Å². The molecule has 4 atom stereocenters. The topological polar surface area (TPSA) is 128 Å². The summed E-state index contributed by atoms with van der Waals surface area (Å²) in [5.41, 5.74) is -0.630. The lowest BCUT2D eigenvalue weighted by atomic mass is 9.94. The number of carbonyl (C=O) groups is 1. The summed E-state index contributed by atoms with van der Waals surface area (Å²) in [4.78, 5) is 32.4. The van der Waals surface area contributed by atoms with E-state index in [0.717, 1.165) is 10.9 Å². The van der Waals surface area contributed by atoms with E-state index >= 15 is 0 Å². The number of aliphatic hydroxyl groups excluding tert-OH is 1. The smallest absolute Gasteiger partial charge is 0.270 e. The minimum atomic E-state index is -1.75. The van der Waals surface area contributed by atoms with Gasteiger partial charge >= 0.3 is 0 Å². The summed E-state index contributed by atoms with van der Waals surface area (Å²) >= 11 is 0. The average Bonchev–Trinajstić information content (AvgIpc) is 3.28. The van der Waals surface area contributed by atoms with E-state index in [0.29, 0.717) is 36.1 Å². The van der Waals surface area contributed by atoms with E-state index in [1.54, 1.807) is 29.6 Å². The summed E-state index contributed by atoms with van der Waals surface area (Å²) in [5.74, 6) is 0.993. The first-order chi connectivity index (χ1) is 18.1. The third-order valence-corrected chi connectivity index (χ3v) is 7.15. The van der Waals surface area contributed by atoms with Gasteiger partial charge in [0.2, 0.25) is 5.95 Å². The molecule has 0 aromatic carbocycles. The highest BCUT2D eigenvalue weighted by atomic mass is 19.1. The second-order valence-corrected chi connectivity index (χ2v) is 10.5. The summed E-state index contributed by atoms with van der Waals surface area (Å²) < 4.78 is 28.7. The van der Waals surface area contributed by atoms with Crippen molar-refractivity contribution in [1.82, 2.24) is 30.6 Å². The molecule has 202 valence electrons. The molecule has 4 N–H and O–H groups in total. The number of hydrogen-bond donors (Lipinski definition) is 4. The Balaban J connectivity index is 1.42. The minimum absolute atomic E-state index is 0.0124. The summed E-state index contributed by atoms with van der Waals surface area (Å²) in [6.07, 6.45) is 2.94. The van der Waals surface area contributed by atoms with E-state index in [1.165, 1.54) is 6.92 Å². The Morgan fingerprint density at radius 1 is 1.21 bits per heavy atom. The highest BCUT2D eigenvalue weighted by molar-refractivity contribution is 6.06. The first kappa shape index (κ1) is 26.1. The number of anilines is 3. The van der Waals surface area contributed by atoms with Gasteiger partial charge in [-0.1, -0.05) is 13.8 Å². The lowest BCUT2D eigenvalue weighted by molar-refractivity contribution is -0.00860. The molecular formula is C26H32F2N8O2. The number of fused-ring (bicyclic) bond motifs is 1. The van der Waals surface area contributed by atoms with Crippen molar-refractivity contribution in [2.45, 2.75) is 57.1 Å². The van der Waals surface area contributed by atoms with Crippen molar-refractivity contribution in [3.8, 4) is 0 Å². The largest absolute Gasteiger partial charge is 0.390 e. The molecular weight excluding hydrogens is 494 g/mol. The van der Waals surface area contributed by atoms with Crippen molar-refractivity contribution in [2.24, 2.45) is 0 Å². The Labute approximate surface area is 219 Å². The summed E-state index contributed by atoms with van der Waals surface area (Å²) in [6, 6.07) is 2.90. The molecule has 2 aliphatic rings. The van der Waals surface area contributed by atoms with E-state index in [2.05, 4.69) is 35.9 Å². The Morgan fingerprint density at radius 3 is 2.74 bits per heavy atom. The van der Waals surface area contributed by atoms with E-state index in [-0.39, 0.29) is 31.1 Å². The third kappa shape index (κ3) is 5.23.